The third-order valence-electron chi connectivity index (χ3n) is 4.03. The number of benzene rings is 1. The lowest BCUT2D eigenvalue weighted by Gasteiger charge is -2.05. The molecule has 4 rings (SSSR count). The monoisotopic (exact) mass is 359 g/mol. The quantitative estimate of drug-likeness (QED) is 0.749. The molecule has 1 aliphatic carbocycles. The van der Waals surface area contributed by atoms with Crippen molar-refractivity contribution in [2.24, 2.45) is 0 Å². The summed E-state index contributed by atoms with van der Waals surface area (Å²) in [6, 6.07) is 7.89. The van der Waals surface area contributed by atoms with E-state index in [0.29, 0.717) is 21.4 Å². The van der Waals surface area contributed by atoms with Crippen LogP contribution in [0.3, 0.4) is 0 Å². The van der Waals surface area contributed by atoms with E-state index in [-0.39, 0.29) is 17.9 Å². The predicted octanol–water partition coefficient (Wildman–Crippen LogP) is 3.18. The molecule has 1 amide bonds. The molecule has 1 aromatic carbocycles. The van der Waals surface area contributed by atoms with Gasteiger partial charge in [-0.05, 0) is 25.0 Å². The highest BCUT2D eigenvalue weighted by Gasteiger charge is 2.41. The maximum absolute atomic E-state index is 12.5. The molecule has 0 saturated heterocycles. The molecular formula is C16H14ClN5OS. The van der Waals surface area contributed by atoms with Crippen LogP contribution in [0.15, 0.2) is 30.6 Å². The fourth-order valence-electron chi connectivity index (χ4n) is 2.72. The van der Waals surface area contributed by atoms with Gasteiger partial charge in [-0.3, -0.25) is 9.89 Å². The largest absolute Gasteiger partial charge is 0.348 e. The number of hydrogen-bond acceptors (Lipinski definition) is 5. The van der Waals surface area contributed by atoms with Crippen molar-refractivity contribution in [1.29, 1.82) is 0 Å². The van der Waals surface area contributed by atoms with Gasteiger partial charge in [0.1, 0.15) is 11.2 Å². The smallest absolute Gasteiger partial charge is 0.263 e. The summed E-state index contributed by atoms with van der Waals surface area (Å²) in [6.45, 7) is 1.82. The highest BCUT2D eigenvalue weighted by molar-refractivity contribution is 7.17. The Balaban J connectivity index is 1.47. The van der Waals surface area contributed by atoms with Gasteiger partial charge in [-0.15, -0.1) is 11.3 Å². The van der Waals surface area contributed by atoms with E-state index in [2.05, 4.69) is 25.5 Å². The molecular weight excluding hydrogens is 346 g/mol. The molecule has 1 fully saturated rings. The summed E-state index contributed by atoms with van der Waals surface area (Å²) >= 11 is 7.54. The lowest BCUT2D eigenvalue weighted by Crippen LogP contribution is -2.26. The number of carbonyl (C=O) groups excluding carboxylic acids is 1. The first-order valence-electron chi connectivity index (χ1n) is 7.52. The molecule has 0 spiro atoms. The van der Waals surface area contributed by atoms with Crippen molar-refractivity contribution in [3.8, 4) is 10.8 Å². The Morgan fingerprint density at radius 2 is 2.25 bits per heavy atom. The SMILES string of the molecule is Cc1nc(-c2ncn[nH]2)sc1C(=O)NC1CC1c1ccccc1Cl. The van der Waals surface area contributed by atoms with Crippen molar-refractivity contribution in [2.75, 3.05) is 0 Å². The van der Waals surface area contributed by atoms with Crippen molar-refractivity contribution >= 4 is 28.8 Å². The number of H-pyrrole nitrogens is 1. The normalized spacial score (nSPS) is 19.2. The minimum atomic E-state index is -0.102. The van der Waals surface area contributed by atoms with Gasteiger partial charge in [-0.1, -0.05) is 29.8 Å². The van der Waals surface area contributed by atoms with Crippen LogP contribution in [0, 0.1) is 6.92 Å². The standard InChI is InChI=1S/C16H14ClN5OS/c1-8-13(24-16(20-8)14-18-7-19-22-14)15(23)21-12-6-10(12)9-4-2-3-5-11(9)17/h2-5,7,10,12H,6H2,1H3,(H,21,23)(H,18,19,22). The number of amides is 1. The molecule has 0 aliphatic heterocycles. The molecule has 2 aromatic heterocycles. The molecule has 1 saturated carbocycles. The van der Waals surface area contributed by atoms with Crippen molar-refractivity contribution in [1.82, 2.24) is 25.5 Å². The van der Waals surface area contributed by atoms with E-state index in [1.807, 2.05) is 31.2 Å². The molecule has 0 bridgehead atoms. The molecule has 0 radical (unpaired) electrons. The fourth-order valence-corrected chi connectivity index (χ4v) is 3.92. The molecule has 2 heterocycles. The van der Waals surface area contributed by atoms with Gasteiger partial charge in [0.2, 0.25) is 0 Å². The van der Waals surface area contributed by atoms with Gasteiger partial charge >= 0.3 is 0 Å². The van der Waals surface area contributed by atoms with E-state index in [9.17, 15) is 4.79 Å². The van der Waals surface area contributed by atoms with Gasteiger partial charge in [0.15, 0.2) is 10.8 Å². The summed E-state index contributed by atoms with van der Waals surface area (Å²) in [5.74, 6) is 0.752. The summed E-state index contributed by atoms with van der Waals surface area (Å²) in [6.07, 6.45) is 2.33. The van der Waals surface area contributed by atoms with Crippen LogP contribution >= 0.6 is 22.9 Å². The number of aryl methyl sites for hydroxylation is 1. The zero-order valence-electron chi connectivity index (χ0n) is 12.8. The number of nitrogens with one attached hydrogen (secondary N) is 2. The first-order valence-corrected chi connectivity index (χ1v) is 8.71. The second-order valence-electron chi connectivity index (χ2n) is 5.71. The van der Waals surface area contributed by atoms with Crippen LogP contribution in [0.2, 0.25) is 5.02 Å². The molecule has 1 aliphatic rings. The van der Waals surface area contributed by atoms with Crippen LogP contribution in [0.5, 0.6) is 0 Å². The second-order valence-corrected chi connectivity index (χ2v) is 7.12. The van der Waals surface area contributed by atoms with E-state index < -0.39 is 0 Å². The lowest BCUT2D eigenvalue weighted by molar-refractivity contribution is 0.0953. The fraction of sp³-hybridized carbons (Fsp3) is 0.250. The molecule has 3 aromatic rings. The van der Waals surface area contributed by atoms with Gasteiger partial charge in [0, 0.05) is 17.0 Å². The van der Waals surface area contributed by atoms with Crippen LogP contribution in [0.1, 0.15) is 33.3 Å². The molecule has 2 unspecified atom stereocenters. The Morgan fingerprint density at radius 3 is 3.00 bits per heavy atom. The number of aromatic amines is 1. The van der Waals surface area contributed by atoms with Crippen molar-refractivity contribution in [2.45, 2.75) is 25.3 Å². The zero-order valence-corrected chi connectivity index (χ0v) is 14.4. The average molecular weight is 360 g/mol. The topological polar surface area (TPSA) is 83.6 Å². The van der Waals surface area contributed by atoms with Crippen molar-refractivity contribution in [3.63, 3.8) is 0 Å². The Bertz CT molecular complexity index is 892. The molecule has 24 heavy (non-hydrogen) atoms. The second kappa shape index (κ2) is 5.99. The van der Waals surface area contributed by atoms with E-state index in [1.54, 1.807) is 0 Å². The first-order chi connectivity index (χ1) is 11.6. The summed E-state index contributed by atoms with van der Waals surface area (Å²) in [7, 11) is 0. The Hall–Kier alpha value is -2.25. The summed E-state index contributed by atoms with van der Waals surface area (Å²) < 4.78 is 0. The summed E-state index contributed by atoms with van der Waals surface area (Å²) in [5.41, 5.74) is 1.78. The summed E-state index contributed by atoms with van der Waals surface area (Å²) in [5, 5.41) is 11.1. The van der Waals surface area contributed by atoms with Gasteiger partial charge in [0.25, 0.3) is 5.91 Å². The predicted molar refractivity (Wildman–Crippen MR) is 92.3 cm³/mol. The molecule has 2 N–H and O–H groups in total. The van der Waals surface area contributed by atoms with Crippen LogP contribution in [-0.2, 0) is 0 Å². The van der Waals surface area contributed by atoms with E-state index in [4.69, 9.17) is 11.6 Å². The number of thiazole rings is 1. The van der Waals surface area contributed by atoms with Crippen LogP contribution in [0.4, 0.5) is 0 Å². The minimum Gasteiger partial charge on any atom is -0.348 e. The van der Waals surface area contributed by atoms with Crippen molar-refractivity contribution < 1.29 is 4.79 Å². The first kappa shape index (κ1) is 15.3. The summed E-state index contributed by atoms with van der Waals surface area (Å²) in [4.78, 5) is 21.6. The highest BCUT2D eigenvalue weighted by atomic mass is 35.5. The maximum atomic E-state index is 12.5. The third-order valence-corrected chi connectivity index (χ3v) is 5.54. The van der Waals surface area contributed by atoms with Crippen LogP contribution in [-0.4, -0.2) is 32.1 Å². The van der Waals surface area contributed by atoms with Crippen molar-refractivity contribution in [3.05, 3.63) is 51.7 Å². The zero-order chi connectivity index (χ0) is 16.7. The number of hydrogen-bond donors (Lipinski definition) is 2. The Morgan fingerprint density at radius 1 is 1.42 bits per heavy atom. The molecule has 2 atom stereocenters. The number of halogens is 1. The highest BCUT2D eigenvalue weighted by Crippen LogP contribution is 2.43. The number of rotatable bonds is 4. The lowest BCUT2D eigenvalue weighted by atomic mass is 10.1. The van der Waals surface area contributed by atoms with Crippen LogP contribution < -0.4 is 5.32 Å². The van der Waals surface area contributed by atoms with Gasteiger partial charge in [-0.25, -0.2) is 9.97 Å². The van der Waals surface area contributed by atoms with E-state index in [0.717, 1.165) is 17.0 Å². The molecule has 8 heteroatoms. The van der Waals surface area contributed by atoms with Gasteiger partial charge in [-0.2, -0.15) is 5.10 Å². The van der Waals surface area contributed by atoms with Gasteiger partial charge < -0.3 is 5.32 Å². The van der Waals surface area contributed by atoms with Gasteiger partial charge in [0.05, 0.1) is 5.69 Å². The number of nitrogens with zero attached hydrogens (tertiary/aromatic N) is 3. The minimum absolute atomic E-state index is 0.102. The maximum Gasteiger partial charge on any atom is 0.263 e. The Kier molecular flexibility index (Phi) is 3.82. The van der Waals surface area contributed by atoms with Crippen LogP contribution in [0.25, 0.3) is 10.8 Å². The molecule has 6 nitrogen and oxygen atoms in total. The Labute approximate surface area is 147 Å². The third kappa shape index (κ3) is 2.81. The van der Waals surface area contributed by atoms with E-state index in [1.165, 1.54) is 17.7 Å². The van der Waals surface area contributed by atoms with E-state index >= 15 is 0 Å². The molecule has 122 valence electrons. The number of carbonyl (C=O) groups is 1. The number of aromatic nitrogens is 4. The average Bonchev–Trinajstić information content (AvgIpc) is 2.99.